The summed E-state index contributed by atoms with van der Waals surface area (Å²) in [6, 6.07) is 0. The SMILES string of the molecule is CCC(CC)(OC)c1nc(N)c(Br)c(C(C)C)n1. The van der Waals surface area contributed by atoms with Crippen molar-refractivity contribution in [2.45, 2.75) is 52.1 Å². The van der Waals surface area contributed by atoms with E-state index in [2.05, 4.69) is 53.6 Å². The number of nitrogen functional groups attached to an aromatic ring is 1. The third kappa shape index (κ3) is 2.67. The van der Waals surface area contributed by atoms with Gasteiger partial charge in [-0.3, -0.25) is 0 Å². The molecule has 1 aromatic heterocycles. The van der Waals surface area contributed by atoms with E-state index in [1.807, 2.05) is 0 Å². The summed E-state index contributed by atoms with van der Waals surface area (Å²) in [6.45, 7) is 8.32. The molecular formula is C13H22BrN3O. The van der Waals surface area contributed by atoms with Crippen molar-refractivity contribution >= 4 is 21.7 Å². The molecule has 102 valence electrons. The highest BCUT2D eigenvalue weighted by Gasteiger charge is 2.32. The molecule has 0 radical (unpaired) electrons. The highest BCUT2D eigenvalue weighted by molar-refractivity contribution is 9.10. The Kier molecular flexibility index (Phi) is 5.10. The molecule has 1 heterocycles. The molecule has 0 aliphatic carbocycles. The zero-order valence-electron chi connectivity index (χ0n) is 11.7. The second-order valence-corrected chi connectivity index (χ2v) is 5.48. The van der Waals surface area contributed by atoms with Crippen molar-refractivity contribution in [3.05, 3.63) is 16.0 Å². The van der Waals surface area contributed by atoms with E-state index >= 15 is 0 Å². The molecule has 0 aromatic carbocycles. The zero-order chi connectivity index (χ0) is 13.9. The average molecular weight is 316 g/mol. The molecule has 0 unspecified atom stereocenters. The van der Waals surface area contributed by atoms with Gasteiger partial charge in [-0.15, -0.1) is 0 Å². The van der Waals surface area contributed by atoms with E-state index in [1.165, 1.54) is 0 Å². The van der Waals surface area contributed by atoms with Gasteiger partial charge in [0.2, 0.25) is 0 Å². The lowest BCUT2D eigenvalue weighted by Gasteiger charge is -2.29. The normalized spacial score (nSPS) is 12.2. The van der Waals surface area contributed by atoms with E-state index in [1.54, 1.807) is 7.11 Å². The number of nitrogens with zero attached hydrogens (tertiary/aromatic N) is 2. The summed E-state index contributed by atoms with van der Waals surface area (Å²) >= 11 is 3.46. The Morgan fingerprint density at radius 3 is 2.22 bits per heavy atom. The second-order valence-electron chi connectivity index (χ2n) is 4.69. The molecule has 0 saturated heterocycles. The van der Waals surface area contributed by atoms with Crippen molar-refractivity contribution in [2.24, 2.45) is 0 Å². The molecular weight excluding hydrogens is 294 g/mol. The van der Waals surface area contributed by atoms with Crippen molar-refractivity contribution in [1.29, 1.82) is 0 Å². The van der Waals surface area contributed by atoms with E-state index in [9.17, 15) is 0 Å². The highest BCUT2D eigenvalue weighted by atomic mass is 79.9. The fraction of sp³-hybridized carbons (Fsp3) is 0.692. The summed E-state index contributed by atoms with van der Waals surface area (Å²) in [7, 11) is 1.70. The van der Waals surface area contributed by atoms with Crippen LogP contribution in [0.5, 0.6) is 0 Å². The molecule has 2 N–H and O–H groups in total. The summed E-state index contributed by atoms with van der Waals surface area (Å²) in [4.78, 5) is 9.05. The third-order valence-electron chi connectivity index (χ3n) is 3.39. The molecule has 0 aliphatic heterocycles. The lowest BCUT2D eigenvalue weighted by Crippen LogP contribution is -2.30. The van der Waals surface area contributed by atoms with Crippen LogP contribution in [0.2, 0.25) is 0 Å². The summed E-state index contributed by atoms with van der Waals surface area (Å²) in [5, 5.41) is 0. The minimum atomic E-state index is -0.446. The molecule has 0 saturated carbocycles. The Balaban J connectivity index is 3.42. The van der Waals surface area contributed by atoms with Crippen molar-refractivity contribution in [3.63, 3.8) is 0 Å². The van der Waals surface area contributed by atoms with Crippen LogP contribution in [0.25, 0.3) is 0 Å². The van der Waals surface area contributed by atoms with Gasteiger partial charge in [0, 0.05) is 7.11 Å². The quantitative estimate of drug-likeness (QED) is 0.901. The fourth-order valence-corrected chi connectivity index (χ4v) is 2.65. The molecule has 0 amide bonds. The first-order valence-electron chi connectivity index (χ1n) is 6.30. The maximum Gasteiger partial charge on any atom is 0.162 e. The topological polar surface area (TPSA) is 61.0 Å². The Bertz CT molecular complexity index is 409. The molecule has 0 atom stereocenters. The highest BCUT2D eigenvalue weighted by Crippen LogP contribution is 2.34. The van der Waals surface area contributed by atoms with Crippen molar-refractivity contribution in [1.82, 2.24) is 9.97 Å². The van der Waals surface area contributed by atoms with Gasteiger partial charge in [0.25, 0.3) is 0 Å². The minimum Gasteiger partial charge on any atom is -0.383 e. The molecule has 1 rings (SSSR count). The molecule has 4 nitrogen and oxygen atoms in total. The Morgan fingerprint density at radius 2 is 1.83 bits per heavy atom. The number of ether oxygens (including phenoxy) is 1. The first-order chi connectivity index (χ1) is 8.41. The Hall–Kier alpha value is -0.680. The Labute approximate surface area is 117 Å². The Morgan fingerprint density at radius 1 is 1.28 bits per heavy atom. The summed E-state index contributed by atoms with van der Waals surface area (Å²) in [6.07, 6.45) is 1.64. The number of hydrogen-bond donors (Lipinski definition) is 1. The number of nitrogens with two attached hydrogens (primary N) is 1. The van der Waals surface area contributed by atoms with Gasteiger partial charge < -0.3 is 10.5 Å². The first kappa shape index (κ1) is 15.4. The second kappa shape index (κ2) is 5.97. The van der Waals surface area contributed by atoms with Crippen LogP contribution in [0.3, 0.4) is 0 Å². The maximum atomic E-state index is 5.97. The predicted octanol–water partition coefficient (Wildman–Crippen LogP) is 3.61. The van der Waals surface area contributed by atoms with Gasteiger partial charge in [-0.25, -0.2) is 9.97 Å². The van der Waals surface area contributed by atoms with E-state index < -0.39 is 5.60 Å². The third-order valence-corrected chi connectivity index (χ3v) is 4.20. The molecule has 1 aromatic rings. The fourth-order valence-electron chi connectivity index (χ4n) is 2.02. The summed E-state index contributed by atoms with van der Waals surface area (Å²) in [5.41, 5.74) is 6.45. The monoisotopic (exact) mass is 315 g/mol. The van der Waals surface area contributed by atoms with E-state index in [0.29, 0.717) is 11.6 Å². The van der Waals surface area contributed by atoms with Gasteiger partial charge in [0.05, 0.1) is 10.2 Å². The van der Waals surface area contributed by atoms with Crippen LogP contribution >= 0.6 is 15.9 Å². The summed E-state index contributed by atoms with van der Waals surface area (Å²) in [5.74, 6) is 1.44. The van der Waals surface area contributed by atoms with E-state index in [-0.39, 0.29) is 5.92 Å². The zero-order valence-corrected chi connectivity index (χ0v) is 13.3. The first-order valence-corrected chi connectivity index (χ1v) is 7.09. The van der Waals surface area contributed by atoms with Gasteiger partial charge >= 0.3 is 0 Å². The molecule has 0 spiro atoms. The van der Waals surface area contributed by atoms with E-state index in [4.69, 9.17) is 10.5 Å². The van der Waals surface area contributed by atoms with Crippen LogP contribution in [-0.4, -0.2) is 17.1 Å². The standard InChI is InChI=1S/C13H22BrN3O/c1-6-13(7-2,18-5)12-16-10(8(3)4)9(14)11(15)17-12/h8H,6-7H2,1-5H3,(H2,15,16,17). The lowest BCUT2D eigenvalue weighted by molar-refractivity contribution is -0.0292. The number of methoxy groups -OCH3 is 1. The average Bonchev–Trinajstić information content (AvgIpc) is 2.35. The van der Waals surface area contributed by atoms with Gasteiger partial charge in [0.15, 0.2) is 5.82 Å². The van der Waals surface area contributed by atoms with Crippen LogP contribution in [0.1, 0.15) is 58.0 Å². The maximum absolute atomic E-state index is 5.97. The van der Waals surface area contributed by atoms with E-state index in [0.717, 1.165) is 23.0 Å². The number of rotatable bonds is 5. The number of hydrogen-bond acceptors (Lipinski definition) is 4. The van der Waals surface area contributed by atoms with Crippen LogP contribution in [0.4, 0.5) is 5.82 Å². The predicted molar refractivity (Wildman–Crippen MR) is 77.5 cm³/mol. The smallest absolute Gasteiger partial charge is 0.162 e. The van der Waals surface area contributed by atoms with Crippen molar-refractivity contribution in [2.75, 3.05) is 12.8 Å². The largest absolute Gasteiger partial charge is 0.383 e. The lowest BCUT2D eigenvalue weighted by atomic mass is 9.95. The van der Waals surface area contributed by atoms with Crippen molar-refractivity contribution < 1.29 is 4.74 Å². The number of anilines is 1. The van der Waals surface area contributed by atoms with Crippen LogP contribution in [0, 0.1) is 0 Å². The van der Waals surface area contributed by atoms with Crippen LogP contribution < -0.4 is 5.73 Å². The van der Waals surface area contributed by atoms with Gasteiger partial charge in [-0.2, -0.15) is 0 Å². The van der Waals surface area contributed by atoms with Gasteiger partial charge in [-0.1, -0.05) is 27.7 Å². The van der Waals surface area contributed by atoms with Crippen LogP contribution in [0.15, 0.2) is 4.47 Å². The van der Waals surface area contributed by atoms with Crippen LogP contribution in [-0.2, 0) is 10.3 Å². The van der Waals surface area contributed by atoms with Gasteiger partial charge in [-0.05, 0) is 34.7 Å². The molecule has 0 fully saturated rings. The molecule has 0 bridgehead atoms. The minimum absolute atomic E-state index is 0.284. The molecule has 5 heteroatoms. The summed E-state index contributed by atoms with van der Waals surface area (Å²) < 4.78 is 6.45. The number of halogens is 1. The molecule has 0 aliphatic rings. The van der Waals surface area contributed by atoms with Crippen molar-refractivity contribution in [3.8, 4) is 0 Å². The molecule has 18 heavy (non-hydrogen) atoms. The number of aromatic nitrogens is 2. The van der Waals surface area contributed by atoms with Gasteiger partial charge in [0.1, 0.15) is 11.4 Å².